The first-order valence-corrected chi connectivity index (χ1v) is 8.07. The van der Waals surface area contributed by atoms with E-state index in [1.165, 1.54) is 31.0 Å². The van der Waals surface area contributed by atoms with Gasteiger partial charge in [-0.15, -0.1) is 12.4 Å². The van der Waals surface area contributed by atoms with Gasteiger partial charge in [-0.25, -0.2) is 8.78 Å². The summed E-state index contributed by atoms with van der Waals surface area (Å²) in [6, 6.07) is 4.97. The van der Waals surface area contributed by atoms with Gasteiger partial charge in [-0.05, 0) is 50.2 Å². The number of carbonyl (C=O) groups is 1. The fourth-order valence-electron chi connectivity index (χ4n) is 3.77. The molecule has 3 nitrogen and oxygen atoms in total. The smallest absolute Gasteiger partial charge is 0.220 e. The minimum absolute atomic E-state index is 0. The molecule has 2 bridgehead atoms. The van der Waals surface area contributed by atoms with Crippen molar-refractivity contribution in [2.45, 2.75) is 50.6 Å². The van der Waals surface area contributed by atoms with Crippen LogP contribution in [0, 0.1) is 17.6 Å². The summed E-state index contributed by atoms with van der Waals surface area (Å²) < 4.78 is 27.0. The van der Waals surface area contributed by atoms with Gasteiger partial charge in [-0.1, -0.05) is 6.07 Å². The average Bonchev–Trinajstić information content (AvgIpc) is 2.81. The molecule has 2 aliphatic heterocycles. The van der Waals surface area contributed by atoms with Gasteiger partial charge in [0.05, 0.1) is 0 Å². The van der Waals surface area contributed by atoms with Crippen LogP contribution >= 0.6 is 12.4 Å². The molecule has 2 N–H and O–H groups in total. The minimum atomic E-state index is -0.552. The zero-order chi connectivity index (χ0) is 15.5. The predicted octanol–water partition coefficient (Wildman–Crippen LogP) is 2.97. The number of benzene rings is 1. The number of fused-ring (bicyclic) bond motifs is 2. The highest BCUT2D eigenvalue weighted by Crippen LogP contribution is 2.32. The van der Waals surface area contributed by atoms with Crippen LogP contribution in [0.15, 0.2) is 18.2 Å². The second kappa shape index (κ2) is 8.06. The van der Waals surface area contributed by atoms with Gasteiger partial charge in [-0.3, -0.25) is 4.79 Å². The lowest BCUT2D eigenvalue weighted by Gasteiger charge is -2.28. The number of rotatable bonds is 5. The summed E-state index contributed by atoms with van der Waals surface area (Å²) in [6.45, 7) is 0.272. The van der Waals surface area contributed by atoms with Crippen molar-refractivity contribution in [3.8, 4) is 0 Å². The Labute approximate surface area is 141 Å². The molecule has 2 unspecified atom stereocenters. The number of nitrogens with one attached hydrogen (secondary N) is 2. The monoisotopic (exact) mass is 344 g/mol. The molecular formula is C17H23ClF2N2O. The molecule has 2 atom stereocenters. The Balaban J connectivity index is 0.00000192. The first-order valence-electron chi connectivity index (χ1n) is 8.07. The van der Waals surface area contributed by atoms with Crippen LogP contribution in [0.25, 0.3) is 0 Å². The van der Waals surface area contributed by atoms with Gasteiger partial charge in [-0.2, -0.15) is 0 Å². The summed E-state index contributed by atoms with van der Waals surface area (Å²) in [5.74, 6) is -0.680. The van der Waals surface area contributed by atoms with Gasteiger partial charge in [0, 0.05) is 30.6 Å². The van der Waals surface area contributed by atoms with E-state index in [1.807, 2.05) is 0 Å². The van der Waals surface area contributed by atoms with Gasteiger partial charge >= 0.3 is 0 Å². The van der Waals surface area contributed by atoms with Crippen molar-refractivity contribution in [1.82, 2.24) is 10.6 Å². The van der Waals surface area contributed by atoms with E-state index >= 15 is 0 Å². The van der Waals surface area contributed by atoms with Crippen LogP contribution in [0.5, 0.6) is 0 Å². The van der Waals surface area contributed by atoms with Crippen LogP contribution < -0.4 is 10.6 Å². The lowest BCUT2D eigenvalue weighted by Crippen LogP contribution is -2.39. The lowest BCUT2D eigenvalue weighted by atomic mass is 9.89. The molecule has 3 rings (SSSR count). The van der Waals surface area contributed by atoms with E-state index in [2.05, 4.69) is 10.6 Å². The second-order valence-electron chi connectivity index (χ2n) is 6.48. The van der Waals surface area contributed by atoms with Crippen LogP contribution in [0.1, 0.15) is 37.7 Å². The molecule has 2 heterocycles. The van der Waals surface area contributed by atoms with Crippen LogP contribution in [-0.2, 0) is 11.2 Å². The van der Waals surface area contributed by atoms with Gasteiger partial charge in [0.15, 0.2) is 0 Å². The molecule has 0 spiro atoms. The average molecular weight is 345 g/mol. The Kier molecular flexibility index (Phi) is 6.36. The van der Waals surface area contributed by atoms with E-state index in [0.29, 0.717) is 24.4 Å². The number of carbonyl (C=O) groups excluding carboxylic acids is 1. The molecular weight excluding hydrogens is 322 g/mol. The largest absolute Gasteiger partial charge is 0.356 e. The second-order valence-corrected chi connectivity index (χ2v) is 6.48. The molecule has 1 aromatic carbocycles. The number of piperidine rings is 1. The Bertz CT molecular complexity index is 523. The van der Waals surface area contributed by atoms with Crippen molar-refractivity contribution in [3.05, 3.63) is 35.4 Å². The highest BCUT2D eigenvalue weighted by Gasteiger charge is 2.34. The van der Waals surface area contributed by atoms with Crippen molar-refractivity contribution in [2.75, 3.05) is 6.54 Å². The molecule has 0 aliphatic carbocycles. The Morgan fingerprint density at radius 1 is 1.17 bits per heavy atom. The first kappa shape index (κ1) is 18.1. The van der Waals surface area contributed by atoms with Gasteiger partial charge in [0.25, 0.3) is 0 Å². The normalized spacial score (nSPS) is 25.7. The van der Waals surface area contributed by atoms with E-state index < -0.39 is 11.6 Å². The van der Waals surface area contributed by atoms with Crippen LogP contribution in [0.3, 0.4) is 0 Å². The van der Waals surface area contributed by atoms with E-state index in [4.69, 9.17) is 0 Å². The van der Waals surface area contributed by atoms with E-state index in [9.17, 15) is 13.6 Å². The summed E-state index contributed by atoms with van der Waals surface area (Å²) in [5, 5.41) is 6.35. The van der Waals surface area contributed by atoms with Crippen molar-refractivity contribution in [1.29, 1.82) is 0 Å². The molecule has 2 saturated heterocycles. The number of hydrogen-bond donors (Lipinski definition) is 2. The lowest BCUT2D eigenvalue weighted by molar-refractivity contribution is -0.122. The van der Waals surface area contributed by atoms with Crippen molar-refractivity contribution >= 4 is 18.3 Å². The quantitative estimate of drug-likeness (QED) is 0.862. The van der Waals surface area contributed by atoms with E-state index in [-0.39, 0.29) is 36.8 Å². The maximum absolute atomic E-state index is 13.5. The van der Waals surface area contributed by atoms with Gasteiger partial charge in [0.2, 0.25) is 5.91 Å². The summed E-state index contributed by atoms with van der Waals surface area (Å²) in [4.78, 5) is 12.0. The standard InChI is InChI=1S/C17H22F2N2O.ClH/c18-15-2-1-3-16(19)14(15)6-7-20-17(22)10-11-8-12-4-5-13(9-11)21-12;/h1-3,11-13,21H,4-10H2,(H,20,22);1H. The Morgan fingerprint density at radius 3 is 2.39 bits per heavy atom. The highest BCUT2D eigenvalue weighted by atomic mass is 35.5. The SMILES string of the molecule is Cl.O=C(CC1CC2CCC(C1)N2)NCCc1c(F)cccc1F. The molecule has 128 valence electrons. The molecule has 23 heavy (non-hydrogen) atoms. The Morgan fingerprint density at radius 2 is 1.78 bits per heavy atom. The molecule has 0 saturated carbocycles. The summed E-state index contributed by atoms with van der Waals surface area (Å²) in [7, 11) is 0. The fraction of sp³-hybridized carbons (Fsp3) is 0.588. The third-order valence-corrected chi connectivity index (χ3v) is 4.80. The van der Waals surface area contributed by atoms with Gasteiger partial charge in [0.1, 0.15) is 11.6 Å². The summed E-state index contributed by atoms with van der Waals surface area (Å²) in [5.41, 5.74) is 0.0442. The molecule has 0 radical (unpaired) electrons. The zero-order valence-electron chi connectivity index (χ0n) is 13.0. The van der Waals surface area contributed by atoms with Crippen LogP contribution in [0.4, 0.5) is 8.78 Å². The molecule has 1 amide bonds. The zero-order valence-corrected chi connectivity index (χ0v) is 13.8. The number of hydrogen-bond acceptors (Lipinski definition) is 2. The third-order valence-electron chi connectivity index (χ3n) is 4.80. The van der Waals surface area contributed by atoms with Crippen LogP contribution in [-0.4, -0.2) is 24.5 Å². The maximum Gasteiger partial charge on any atom is 0.220 e. The maximum atomic E-state index is 13.5. The molecule has 2 fully saturated rings. The molecule has 0 aromatic heterocycles. The molecule has 1 aromatic rings. The highest BCUT2D eigenvalue weighted by molar-refractivity contribution is 5.85. The third kappa shape index (κ3) is 4.64. The molecule has 6 heteroatoms. The van der Waals surface area contributed by atoms with Crippen molar-refractivity contribution in [3.63, 3.8) is 0 Å². The van der Waals surface area contributed by atoms with Crippen molar-refractivity contribution < 1.29 is 13.6 Å². The Hall–Kier alpha value is -1.20. The van der Waals surface area contributed by atoms with Crippen LogP contribution in [0.2, 0.25) is 0 Å². The first-order chi connectivity index (χ1) is 10.6. The van der Waals surface area contributed by atoms with E-state index in [0.717, 1.165) is 12.8 Å². The summed E-state index contributed by atoms with van der Waals surface area (Å²) >= 11 is 0. The summed E-state index contributed by atoms with van der Waals surface area (Å²) in [6.07, 6.45) is 5.26. The fourth-order valence-corrected chi connectivity index (χ4v) is 3.77. The predicted molar refractivity (Wildman–Crippen MR) is 87.6 cm³/mol. The van der Waals surface area contributed by atoms with Crippen molar-refractivity contribution in [2.24, 2.45) is 5.92 Å². The minimum Gasteiger partial charge on any atom is -0.356 e. The number of amides is 1. The topological polar surface area (TPSA) is 41.1 Å². The molecule has 2 aliphatic rings. The van der Waals surface area contributed by atoms with E-state index in [1.54, 1.807) is 0 Å². The van der Waals surface area contributed by atoms with Gasteiger partial charge < -0.3 is 10.6 Å². The number of halogens is 3.